The molecule has 5 atom stereocenters. The zero-order valence-electron chi connectivity index (χ0n) is 19.0. The molecule has 0 heterocycles. The van der Waals surface area contributed by atoms with Gasteiger partial charge in [-0.1, -0.05) is 50.6 Å². The van der Waals surface area contributed by atoms with Crippen molar-refractivity contribution in [3.8, 4) is 0 Å². The minimum absolute atomic E-state index is 0.152. The number of carboxylic acids is 1. The molecule has 33 heavy (non-hydrogen) atoms. The van der Waals surface area contributed by atoms with Crippen molar-refractivity contribution in [2.24, 2.45) is 17.4 Å². The van der Waals surface area contributed by atoms with Crippen LogP contribution in [0.3, 0.4) is 0 Å². The van der Waals surface area contributed by atoms with Crippen molar-refractivity contribution >= 4 is 29.6 Å². The van der Waals surface area contributed by atoms with E-state index in [1.807, 2.05) is 6.07 Å². The molecule has 0 aliphatic heterocycles. The van der Waals surface area contributed by atoms with E-state index in [-0.39, 0.29) is 12.3 Å². The Morgan fingerprint density at radius 2 is 1.48 bits per heavy atom. The van der Waals surface area contributed by atoms with E-state index in [0.29, 0.717) is 6.42 Å². The van der Waals surface area contributed by atoms with Crippen LogP contribution in [-0.2, 0) is 30.4 Å². The Morgan fingerprint density at radius 1 is 0.909 bits per heavy atom. The third-order valence-electron chi connectivity index (χ3n) is 5.14. The predicted octanol–water partition coefficient (Wildman–Crippen LogP) is -0.963. The maximum atomic E-state index is 13.1. The second kappa shape index (κ2) is 13.2. The van der Waals surface area contributed by atoms with Gasteiger partial charge in [-0.2, -0.15) is 0 Å². The van der Waals surface area contributed by atoms with Gasteiger partial charge in [-0.05, 0) is 18.4 Å². The van der Waals surface area contributed by atoms with Gasteiger partial charge in [0.05, 0.1) is 12.5 Å². The first-order valence-electron chi connectivity index (χ1n) is 10.7. The van der Waals surface area contributed by atoms with Crippen molar-refractivity contribution in [2.45, 2.75) is 64.2 Å². The van der Waals surface area contributed by atoms with Gasteiger partial charge in [0.2, 0.25) is 23.6 Å². The van der Waals surface area contributed by atoms with Gasteiger partial charge in [0.1, 0.15) is 18.1 Å². The van der Waals surface area contributed by atoms with Crippen LogP contribution >= 0.6 is 0 Å². The molecule has 182 valence electrons. The summed E-state index contributed by atoms with van der Waals surface area (Å²) < 4.78 is 0. The molecule has 1 aromatic carbocycles. The standard InChI is InChI=1S/C22H33N5O6/c1-4-12(2)18(21(31)26-16(22(32)33)11-17(24)28)27-20(30)15(25-19(29)13(3)23)10-14-8-6-5-7-9-14/h5-9,12-13,15-16,18H,4,10-11,23H2,1-3H3,(H2,24,28)(H,25,29)(H,26,31)(H,27,30)(H,32,33). The average molecular weight is 464 g/mol. The van der Waals surface area contributed by atoms with E-state index in [9.17, 15) is 29.1 Å². The van der Waals surface area contributed by atoms with Gasteiger partial charge in [-0.15, -0.1) is 0 Å². The maximum absolute atomic E-state index is 13.1. The SMILES string of the molecule is CCC(C)C(NC(=O)C(Cc1ccccc1)NC(=O)C(C)N)C(=O)NC(CC(N)=O)C(=O)O. The van der Waals surface area contributed by atoms with E-state index >= 15 is 0 Å². The van der Waals surface area contributed by atoms with Crippen LogP contribution in [0.5, 0.6) is 0 Å². The Kier molecular flexibility index (Phi) is 11.0. The molecule has 0 aliphatic rings. The van der Waals surface area contributed by atoms with Crippen LogP contribution in [0.2, 0.25) is 0 Å². The largest absolute Gasteiger partial charge is 0.480 e. The number of hydrogen-bond acceptors (Lipinski definition) is 6. The lowest BCUT2D eigenvalue weighted by molar-refractivity contribution is -0.144. The van der Waals surface area contributed by atoms with E-state index in [1.54, 1.807) is 38.1 Å². The molecule has 11 heteroatoms. The van der Waals surface area contributed by atoms with E-state index in [2.05, 4.69) is 16.0 Å². The zero-order valence-corrected chi connectivity index (χ0v) is 19.0. The van der Waals surface area contributed by atoms with Crippen LogP contribution in [0.15, 0.2) is 30.3 Å². The fraction of sp³-hybridized carbons (Fsp3) is 0.500. The Bertz CT molecular complexity index is 845. The number of amides is 4. The number of carbonyl (C=O) groups excluding carboxylic acids is 4. The summed E-state index contributed by atoms with van der Waals surface area (Å²) in [6.07, 6.45) is 0.0458. The first-order valence-corrected chi connectivity index (χ1v) is 10.7. The molecular weight excluding hydrogens is 430 g/mol. The molecule has 0 aromatic heterocycles. The number of carbonyl (C=O) groups is 5. The number of hydrogen-bond donors (Lipinski definition) is 6. The Labute approximate surface area is 192 Å². The molecule has 0 bridgehead atoms. The molecule has 11 nitrogen and oxygen atoms in total. The second-order valence-corrected chi connectivity index (χ2v) is 7.98. The summed E-state index contributed by atoms with van der Waals surface area (Å²) in [6.45, 7) is 4.99. The average Bonchev–Trinajstić information content (AvgIpc) is 2.75. The summed E-state index contributed by atoms with van der Waals surface area (Å²) in [5, 5.41) is 16.7. The zero-order chi connectivity index (χ0) is 25.1. The summed E-state index contributed by atoms with van der Waals surface area (Å²) in [5.41, 5.74) is 11.5. The number of benzene rings is 1. The molecule has 1 aromatic rings. The van der Waals surface area contributed by atoms with Crippen LogP contribution in [0, 0.1) is 5.92 Å². The lowest BCUT2D eigenvalue weighted by Crippen LogP contribution is -2.59. The van der Waals surface area contributed by atoms with Crippen molar-refractivity contribution < 1.29 is 29.1 Å². The van der Waals surface area contributed by atoms with Crippen molar-refractivity contribution in [3.63, 3.8) is 0 Å². The molecular formula is C22H33N5O6. The highest BCUT2D eigenvalue weighted by molar-refractivity contribution is 5.95. The molecule has 0 aliphatic carbocycles. The number of nitrogens with one attached hydrogen (secondary N) is 3. The summed E-state index contributed by atoms with van der Waals surface area (Å²) in [7, 11) is 0. The predicted molar refractivity (Wildman–Crippen MR) is 120 cm³/mol. The van der Waals surface area contributed by atoms with Crippen LogP contribution in [0.1, 0.15) is 39.2 Å². The van der Waals surface area contributed by atoms with E-state index in [4.69, 9.17) is 11.5 Å². The monoisotopic (exact) mass is 463 g/mol. The molecule has 1 rings (SSSR count). The lowest BCUT2D eigenvalue weighted by atomic mass is 9.96. The number of nitrogens with two attached hydrogens (primary N) is 2. The Morgan fingerprint density at radius 3 is 1.97 bits per heavy atom. The Balaban J connectivity index is 3.09. The van der Waals surface area contributed by atoms with Crippen LogP contribution in [-0.4, -0.2) is 58.9 Å². The third kappa shape index (κ3) is 9.27. The minimum Gasteiger partial charge on any atom is -0.480 e. The van der Waals surface area contributed by atoms with Crippen molar-refractivity contribution in [3.05, 3.63) is 35.9 Å². The third-order valence-corrected chi connectivity index (χ3v) is 5.14. The number of aliphatic carboxylic acids is 1. The van der Waals surface area contributed by atoms with Crippen molar-refractivity contribution in [2.75, 3.05) is 0 Å². The number of primary amides is 1. The number of rotatable bonds is 13. The quantitative estimate of drug-likeness (QED) is 0.217. The van der Waals surface area contributed by atoms with Gasteiger partial charge < -0.3 is 32.5 Å². The molecule has 0 saturated heterocycles. The summed E-state index contributed by atoms with van der Waals surface area (Å²) in [5.74, 6) is -4.64. The summed E-state index contributed by atoms with van der Waals surface area (Å²) in [4.78, 5) is 60.6. The molecule has 8 N–H and O–H groups in total. The first kappa shape index (κ1) is 27.6. The minimum atomic E-state index is -1.53. The van der Waals surface area contributed by atoms with E-state index in [1.165, 1.54) is 6.92 Å². The van der Waals surface area contributed by atoms with Gasteiger partial charge in [0.25, 0.3) is 0 Å². The van der Waals surface area contributed by atoms with Crippen LogP contribution < -0.4 is 27.4 Å². The van der Waals surface area contributed by atoms with Gasteiger partial charge in [0, 0.05) is 6.42 Å². The lowest BCUT2D eigenvalue weighted by Gasteiger charge is -2.28. The van der Waals surface area contributed by atoms with Gasteiger partial charge >= 0.3 is 5.97 Å². The highest BCUT2D eigenvalue weighted by Gasteiger charge is 2.33. The van der Waals surface area contributed by atoms with Crippen LogP contribution in [0.25, 0.3) is 0 Å². The van der Waals surface area contributed by atoms with Gasteiger partial charge in [-0.3, -0.25) is 19.2 Å². The molecule has 0 saturated carbocycles. The van der Waals surface area contributed by atoms with Crippen molar-refractivity contribution in [1.29, 1.82) is 0 Å². The molecule has 5 unspecified atom stereocenters. The summed E-state index contributed by atoms with van der Waals surface area (Å²) in [6, 6.07) is 4.46. The van der Waals surface area contributed by atoms with Gasteiger partial charge in [0.15, 0.2) is 0 Å². The second-order valence-electron chi connectivity index (χ2n) is 7.98. The summed E-state index contributed by atoms with van der Waals surface area (Å²) >= 11 is 0. The normalized spacial score (nSPS) is 15.3. The Hall–Kier alpha value is -3.47. The van der Waals surface area contributed by atoms with Gasteiger partial charge in [-0.25, -0.2) is 4.79 Å². The van der Waals surface area contributed by atoms with E-state index < -0.39 is 60.2 Å². The molecule has 0 radical (unpaired) electrons. The number of carboxylic acid groups (broad SMARTS) is 1. The maximum Gasteiger partial charge on any atom is 0.326 e. The topological polar surface area (TPSA) is 194 Å². The smallest absolute Gasteiger partial charge is 0.326 e. The highest BCUT2D eigenvalue weighted by atomic mass is 16.4. The van der Waals surface area contributed by atoms with E-state index in [0.717, 1.165) is 5.56 Å². The fourth-order valence-corrected chi connectivity index (χ4v) is 2.98. The first-order chi connectivity index (χ1) is 15.5. The van der Waals surface area contributed by atoms with Crippen molar-refractivity contribution in [1.82, 2.24) is 16.0 Å². The van der Waals surface area contributed by atoms with Crippen LogP contribution in [0.4, 0.5) is 0 Å². The highest BCUT2D eigenvalue weighted by Crippen LogP contribution is 2.11. The molecule has 0 spiro atoms. The molecule has 4 amide bonds. The fourth-order valence-electron chi connectivity index (χ4n) is 2.98. The molecule has 0 fully saturated rings.